The van der Waals surface area contributed by atoms with E-state index in [1.54, 1.807) is 0 Å². The van der Waals surface area contributed by atoms with Crippen LogP contribution in [0.25, 0.3) is 0 Å². The Bertz CT molecular complexity index is 476. The standard InChI is InChI=1S/C10H10ClN3O4/c11-7-3-13-2-1-6(7)10(18)14(4-8(12)15)5-9(16)17/h1-3H,4-5H2,(H2,12,15)(H,16,17). The third-order valence-electron chi connectivity index (χ3n) is 1.96. The van der Waals surface area contributed by atoms with Crippen LogP contribution in [0.2, 0.25) is 5.02 Å². The molecule has 0 aliphatic rings. The molecule has 18 heavy (non-hydrogen) atoms. The first kappa shape index (κ1) is 13.9. The van der Waals surface area contributed by atoms with Crippen molar-refractivity contribution >= 4 is 29.4 Å². The Hall–Kier alpha value is -2.15. The fourth-order valence-corrected chi connectivity index (χ4v) is 1.47. The van der Waals surface area contributed by atoms with E-state index in [9.17, 15) is 14.4 Å². The van der Waals surface area contributed by atoms with Gasteiger partial charge in [-0.25, -0.2) is 0 Å². The van der Waals surface area contributed by atoms with Crippen LogP contribution < -0.4 is 5.73 Å². The molecule has 0 bridgehead atoms. The molecule has 0 unspecified atom stereocenters. The molecular formula is C10H10ClN3O4. The summed E-state index contributed by atoms with van der Waals surface area (Å²) in [6.45, 7) is -1.13. The van der Waals surface area contributed by atoms with Crippen molar-refractivity contribution in [1.82, 2.24) is 9.88 Å². The fourth-order valence-electron chi connectivity index (χ4n) is 1.27. The highest BCUT2D eigenvalue weighted by Gasteiger charge is 2.22. The third kappa shape index (κ3) is 3.70. The van der Waals surface area contributed by atoms with Crippen molar-refractivity contribution in [3.05, 3.63) is 29.0 Å². The summed E-state index contributed by atoms with van der Waals surface area (Å²) in [5.74, 6) is -2.76. The quantitative estimate of drug-likeness (QED) is 0.766. The number of nitrogens with zero attached hydrogens (tertiary/aromatic N) is 2. The molecule has 0 aromatic carbocycles. The molecule has 0 atom stereocenters. The van der Waals surface area contributed by atoms with E-state index in [2.05, 4.69) is 4.98 Å². The Balaban J connectivity index is 2.98. The van der Waals surface area contributed by atoms with Crippen LogP contribution in [0.15, 0.2) is 18.5 Å². The van der Waals surface area contributed by atoms with Gasteiger partial charge in [0, 0.05) is 12.4 Å². The molecule has 2 amide bonds. The summed E-state index contributed by atoms with van der Waals surface area (Å²) in [4.78, 5) is 37.9. The monoisotopic (exact) mass is 271 g/mol. The number of hydrogen-bond acceptors (Lipinski definition) is 4. The third-order valence-corrected chi connectivity index (χ3v) is 2.26. The average Bonchev–Trinajstić information content (AvgIpc) is 2.26. The topological polar surface area (TPSA) is 114 Å². The number of hydrogen-bond donors (Lipinski definition) is 2. The van der Waals surface area contributed by atoms with Crippen molar-refractivity contribution in [2.45, 2.75) is 0 Å². The molecule has 0 aliphatic heterocycles. The first-order valence-electron chi connectivity index (χ1n) is 4.80. The number of aromatic nitrogens is 1. The van der Waals surface area contributed by atoms with E-state index in [1.807, 2.05) is 0 Å². The van der Waals surface area contributed by atoms with E-state index in [1.165, 1.54) is 18.5 Å². The lowest BCUT2D eigenvalue weighted by atomic mass is 10.2. The summed E-state index contributed by atoms with van der Waals surface area (Å²) >= 11 is 5.76. The molecule has 96 valence electrons. The summed E-state index contributed by atoms with van der Waals surface area (Å²) in [5, 5.41) is 8.74. The lowest BCUT2D eigenvalue weighted by molar-refractivity contribution is -0.138. The van der Waals surface area contributed by atoms with E-state index in [0.29, 0.717) is 0 Å². The van der Waals surface area contributed by atoms with E-state index >= 15 is 0 Å². The second-order valence-corrected chi connectivity index (χ2v) is 3.78. The molecule has 1 aromatic heterocycles. The highest BCUT2D eigenvalue weighted by atomic mass is 35.5. The van der Waals surface area contributed by atoms with Crippen LogP contribution in [-0.4, -0.2) is 45.9 Å². The number of pyridine rings is 1. The molecule has 1 rings (SSSR count). The van der Waals surface area contributed by atoms with E-state index < -0.39 is 30.9 Å². The van der Waals surface area contributed by atoms with Gasteiger partial charge in [-0.1, -0.05) is 11.6 Å². The van der Waals surface area contributed by atoms with Crippen molar-refractivity contribution in [1.29, 1.82) is 0 Å². The van der Waals surface area contributed by atoms with Gasteiger partial charge in [0.2, 0.25) is 5.91 Å². The minimum Gasteiger partial charge on any atom is -0.480 e. The number of rotatable bonds is 5. The number of primary amides is 1. The van der Waals surface area contributed by atoms with Crippen LogP contribution in [0.1, 0.15) is 10.4 Å². The number of amides is 2. The Morgan fingerprint density at radius 2 is 2.06 bits per heavy atom. The van der Waals surface area contributed by atoms with Crippen LogP contribution >= 0.6 is 11.6 Å². The minimum atomic E-state index is -1.25. The first-order chi connectivity index (χ1) is 8.41. The van der Waals surface area contributed by atoms with Crippen molar-refractivity contribution in [3.8, 4) is 0 Å². The minimum absolute atomic E-state index is 0.0640. The van der Waals surface area contributed by atoms with Crippen molar-refractivity contribution in [3.63, 3.8) is 0 Å². The summed E-state index contributed by atoms with van der Waals surface area (Å²) in [5.41, 5.74) is 5.02. The largest absolute Gasteiger partial charge is 0.480 e. The first-order valence-corrected chi connectivity index (χ1v) is 5.18. The SMILES string of the molecule is NC(=O)CN(CC(=O)O)C(=O)c1ccncc1Cl. The van der Waals surface area contributed by atoms with Gasteiger partial charge in [-0.05, 0) is 6.07 Å². The highest BCUT2D eigenvalue weighted by molar-refractivity contribution is 6.33. The zero-order chi connectivity index (χ0) is 13.7. The molecule has 0 saturated heterocycles. The number of carbonyl (C=O) groups is 3. The van der Waals surface area contributed by atoms with Crippen molar-refractivity contribution in [2.75, 3.05) is 13.1 Å². The summed E-state index contributed by atoms with van der Waals surface area (Å²) in [6.07, 6.45) is 2.58. The molecule has 0 radical (unpaired) electrons. The van der Waals surface area contributed by atoms with Gasteiger partial charge >= 0.3 is 5.97 Å². The molecule has 0 spiro atoms. The van der Waals surface area contributed by atoms with Gasteiger partial charge in [-0.3, -0.25) is 19.4 Å². The molecule has 0 saturated carbocycles. The second-order valence-electron chi connectivity index (χ2n) is 3.38. The molecule has 3 N–H and O–H groups in total. The van der Waals surface area contributed by atoms with Gasteiger partial charge in [0.05, 0.1) is 10.6 Å². The number of halogens is 1. The van der Waals surface area contributed by atoms with E-state index in [0.717, 1.165) is 4.90 Å². The van der Waals surface area contributed by atoms with Crippen LogP contribution in [0.5, 0.6) is 0 Å². The molecular weight excluding hydrogens is 262 g/mol. The molecule has 1 aromatic rings. The fraction of sp³-hybridized carbons (Fsp3) is 0.200. The van der Waals surface area contributed by atoms with Gasteiger partial charge in [-0.15, -0.1) is 0 Å². The number of aliphatic carboxylic acids is 1. The maximum atomic E-state index is 12.0. The Morgan fingerprint density at radius 3 is 2.56 bits per heavy atom. The normalized spacial score (nSPS) is 9.83. The molecule has 0 fully saturated rings. The Labute approximate surface area is 107 Å². The lowest BCUT2D eigenvalue weighted by Crippen LogP contribution is -2.41. The van der Waals surface area contributed by atoms with Crippen LogP contribution in [0.3, 0.4) is 0 Å². The maximum absolute atomic E-state index is 12.0. The van der Waals surface area contributed by atoms with Gasteiger partial charge < -0.3 is 15.7 Å². The summed E-state index contributed by atoms with van der Waals surface area (Å²) in [7, 11) is 0. The van der Waals surface area contributed by atoms with Crippen LogP contribution in [0, 0.1) is 0 Å². The Kier molecular flexibility index (Phi) is 4.61. The predicted molar refractivity (Wildman–Crippen MR) is 62.0 cm³/mol. The van der Waals surface area contributed by atoms with E-state index in [-0.39, 0.29) is 10.6 Å². The van der Waals surface area contributed by atoms with Crippen LogP contribution in [0.4, 0.5) is 0 Å². The van der Waals surface area contributed by atoms with Gasteiger partial charge in [0.15, 0.2) is 0 Å². The van der Waals surface area contributed by atoms with Gasteiger partial charge in [-0.2, -0.15) is 0 Å². The zero-order valence-electron chi connectivity index (χ0n) is 9.17. The van der Waals surface area contributed by atoms with Gasteiger partial charge in [0.1, 0.15) is 13.1 Å². The van der Waals surface area contributed by atoms with Gasteiger partial charge in [0.25, 0.3) is 5.91 Å². The van der Waals surface area contributed by atoms with Crippen LogP contribution in [-0.2, 0) is 9.59 Å². The highest BCUT2D eigenvalue weighted by Crippen LogP contribution is 2.15. The number of carbonyl (C=O) groups excluding carboxylic acids is 2. The second kappa shape index (κ2) is 5.97. The number of carboxylic acid groups (broad SMARTS) is 1. The van der Waals surface area contributed by atoms with E-state index in [4.69, 9.17) is 22.4 Å². The smallest absolute Gasteiger partial charge is 0.323 e. The lowest BCUT2D eigenvalue weighted by Gasteiger charge is -2.19. The zero-order valence-corrected chi connectivity index (χ0v) is 9.92. The molecule has 7 nitrogen and oxygen atoms in total. The Morgan fingerprint density at radius 1 is 1.39 bits per heavy atom. The average molecular weight is 272 g/mol. The summed E-state index contributed by atoms with van der Waals surface area (Å²) < 4.78 is 0. The number of carboxylic acids is 1. The summed E-state index contributed by atoms with van der Waals surface area (Å²) in [6, 6.07) is 1.33. The predicted octanol–water partition coefficient (Wildman–Crippen LogP) is -0.253. The van der Waals surface area contributed by atoms with Crippen molar-refractivity contribution in [2.24, 2.45) is 5.73 Å². The molecule has 1 heterocycles. The molecule has 0 aliphatic carbocycles. The maximum Gasteiger partial charge on any atom is 0.323 e. The van der Waals surface area contributed by atoms with Crippen molar-refractivity contribution < 1.29 is 19.5 Å². The molecule has 8 heteroatoms. The number of nitrogens with two attached hydrogens (primary N) is 1.